The number of hydrogen-bond donors (Lipinski definition) is 2. The van der Waals surface area contributed by atoms with Crippen molar-refractivity contribution in [1.82, 2.24) is 10.3 Å². The fourth-order valence-electron chi connectivity index (χ4n) is 9.07. The Morgan fingerprint density at radius 3 is 2.47 bits per heavy atom. The molecule has 2 N–H and O–H groups in total. The van der Waals surface area contributed by atoms with E-state index in [1.54, 1.807) is 12.3 Å². The maximum absolute atomic E-state index is 13.8. The molecule has 1 aromatic heterocycles. The highest BCUT2D eigenvalue weighted by Crippen LogP contribution is 3.11. The fraction of sp³-hybridized carbons (Fsp3) is 0.417. The van der Waals surface area contributed by atoms with E-state index in [1.807, 2.05) is 5.38 Å². The number of methoxy groups -OCH3 is 1. The largest absolute Gasteiger partial charge is 0.481 e. The molecule has 2 heterocycles. The number of aromatic nitrogens is 1. The van der Waals surface area contributed by atoms with Crippen molar-refractivity contribution in [2.75, 3.05) is 7.11 Å². The molecule has 1 atom stereocenters. The van der Waals surface area contributed by atoms with Crippen molar-refractivity contribution >= 4 is 40.7 Å². The Hall–Kier alpha value is -2.78. The second-order valence-corrected chi connectivity index (χ2v) is 11.4. The van der Waals surface area contributed by atoms with Crippen LogP contribution >= 0.6 is 22.9 Å². The van der Waals surface area contributed by atoms with E-state index in [2.05, 4.69) is 10.3 Å². The Kier molecular flexibility index (Phi) is 3.28. The average Bonchev–Trinajstić information content (AvgIpc) is 3.37. The van der Waals surface area contributed by atoms with Crippen LogP contribution in [0.2, 0.25) is 5.02 Å². The topological polar surface area (TPSA) is 101 Å². The maximum atomic E-state index is 13.8. The van der Waals surface area contributed by atoms with Crippen LogP contribution in [0.4, 0.5) is 4.39 Å². The molecule has 10 heteroatoms. The van der Waals surface area contributed by atoms with Crippen molar-refractivity contribution < 1.29 is 23.8 Å². The number of nitrogens with one attached hydrogen (secondary N) is 1. The van der Waals surface area contributed by atoms with Crippen LogP contribution in [0.25, 0.3) is 0 Å². The lowest BCUT2D eigenvalue weighted by Crippen LogP contribution is -3.11. The number of aliphatic imine (C=N–C) groups is 1. The third-order valence-corrected chi connectivity index (χ3v) is 10.9. The lowest BCUT2D eigenvalue weighted by molar-refractivity contribution is -0.633. The molecule has 0 radical (unpaired) electrons. The van der Waals surface area contributed by atoms with Crippen LogP contribution in [0.1, 0.15) is 16.6 Å². The molecule has 7 aliphatic rings. The predicted molar refractivity (Wildman–Crippen MR) is 118 cm³/mol. The van der Waals surface area contributed by atoms with Gasteiger partial charge in [-0.05, 0) is 47.6 Å². The van der Waals surface area contributed by atoms with Gasteiger partial charge >= 0.3 is 11.9 Å². The molecular formula is C24H17ClFN3O4S. The Morgan fingerprint density at radius 2 is 1.91 bits per heavy atom. The molecule has 9 rings (SSSR count). The summed E-state index contributed by atoms with van der Waals surface area (Å²) in [5.74, 6) is 0.207. The van der Waals surface area contributed by atoms with Gasteiger partial charge in [0.2, 0.25) is 0 Å². The second kappa shape index (κ2) is 5.71. The third-order valence-electron chi connectivity index (χ3n) is 9.78. The predicted octanol–water partition coefficient (Wildman–Crippen LogP) is 3.28. The van der Waals surface area contributed by atoms with Gasteiger partial charge in [-0.2, -0.15) is 0 Å². The number of carboxylic acid groups (broad SMARTS) is 1. The summed E-state index contributed by atoms with van der Waals surface area (Å²) in [5.41, 5.74) is 0.886. The van der Waals surface area contributed by atoms with E-state index in [-0.39, 0.29) is 45.9 Å². The van der Waals surface area contributed by atoms with Gasteiger partial charge in [0.05, 0.1) is 18.1 Å². The van der Waals surface area contributed by atoms with E-state index in [0.717, 1.165) is 5.70 Å². The molecule has 1 aromatic carbocycles. The average molecular weight is 498 g/mol. The molecular weight excluding hydrogens is 481 g/mol. The standard InChI is InChI=1S/C24H17ClFN3O4S/c1-33-21(30)10-17(8-3-2-7(26)6-9(8)25)28-19(20-27-4-5-34-20)29-18(10)23-11-14-12(23)16-13(23)15(11)24(14,16)22(31)32/h2-6,11-17H,1H3,(H,28,29)(H,31,32). The van der Waals surface area contributed by atoms with Crippen LogP contribution in [-0.2, 0) is 14.3 Å². The lowest BCUT2D eigenvalue weighted by atomic mass is 8.92. The summed E-state index contributed by atoms with van der Waals surface area (Å²) >= 11 is 7.86. The molecule has 0 saturated heterocycles. The lowest BCUT2D eigenvalue weighted by Gasteiger charge is -3.10. The smallest absolute Gasteiger partial charge is 0.338 e. The third kappa shape index (κ3) is 1.64. The summed E-state index contributed by atoms with van der Waals surface area (Å²) < 4.78 is 19.0. The number of thiazole rings is 1. The van der Waals surface area contributed by atoms with E-state index >= 15 is 0 Å². The summed E-state index contributed by atoms with van der Waals surface area (Å²) in [7, 11) is 1.33. The molecule has 1 unspecified atom stereocenters. The van der Waals surface area contributed by atoms with Gasteiger partial charge in [-0.15, -0.1) is 11.3 Å². The highest BCUT2D eigenvalue weighted by Gasteiger charge is 3.12. The Bertz CT molecular complexity index is 1370. The van der Waals surface area contributed by atoms with Crippen molar-refractivity contribution in [2.45, 2.75) is 6.04 Å². The number of carbonyl (C=O) groups is 2. The van der Waals surface area contributed by atoms with Gasteiger partial charge in [-0.1, -0.05) is 17.7 Å². The number of benzene rings is 1. The summed E-state index contributed by atoms with van der Waals surface area (Å²) in [5, 5.41) is 16.0. The second-order valence-electron chi connectivity index (χ2n) is 10.1. The van der Waals surface area contributed by atoms with E-state index < -0.39 is 29.2 Å². The number of allylic oxidation sites excluding steroid dienone is 1. The molecule has 6 fully saturated rings. The summed E-state index contributed by atoms with van der Waals surface area (Å²) in [6, 6.07) is 3.28. The van der Waals surface area contributed by atoms with Crippen molar-refractivity contribution in [3.8, 4) is 0 Å². The maximum Gasteiger partial charge on any atom is 0.338 e. The molecule has 0 bridgehead atoms. The van der Waals surface area contributed by atoms with Gasteiger partial charge in [0.1, 0.15) is 11.9 Å². The van der Waals surface area contributed by atoms with E-state index in [4.69, 9.17) is 21.3 Å². The molecule has 7 nitrogen and oxygen atoms in total. The van der Waals surface area contributed by atoms with Crippen LogP contribution in [0.15, 0.2) is 46.0 Å². The van der Waals surface area contributed by atoms with E-state index in [9.17, 15) is 19.1 Å². The number of carbonyl (C=O) groups excluding carboxylic acids is 1. The SMILES string of the molecule is COC(=O)C1=C(C23C4C5C2C2C3C4C52C(=O)O)NC(c2nccs2)=NC1c1ccc(F)cc1Cl. The summed E-state index contributed by atoms with van der Waals surface area (Å²) in [6.45, 7) is 0. The zero-order chi connectivity index (χ0) is 23.3. The number of hydrogen-bond acceptors (Lipinski definition) is 7. The number of nitrogens with zero attached hydrogens (tertiary/aromatic N) is 2. The van der Waals surface area contributed by atoms with Crippen LogP contribution < -0.4 is 5.32 Å². The number of halogens is 2. The first-order valence-corrected chi connectivity index (χ1v) is 12.4. The number of ether oxygens (including phenoxy) is 1. The van der Waals surface area contributed by atoms with Crippen LogP contribution in [0.3, 0.4) is 0 Å². The van der Waals surface area contributed by atoms with Gasteiger partial charge in [0.25, 0.3) is 0 Å². The minimum absolute atomic E-state index is 0.175. The molecule has 172 valence electrons. The number of rotatable bonds is 5. The van der Waals surface area contributed by atoms with E-state index in [1.165, 1.54) is 30.6 Å². The van der Waals surface area contributed by atoms with Gasteiger partial charge in [-0.3, -0.25) is 9.79 Å². The highest BCUT2D eigenvalue weighted by molar-refractivity contribution is 7.11. The van der Waals surface area contributed by atoms with Crippen molar-refractivity contribution in [3.05, 3.63) is 62.5 Å². The monoisotopic (exact) mass is 497 g/mol. The Labute approximate surface area is 201 Å². The first-order valence-electron chi connectivity index (χ1n) is 11.2. The fourth-order valence-corrected chi connectivity index (χ4v) is 9.92. The highest BCUT2D eigenvalue weighted by atomic mass is 35.5. The minimum atomic E-state index is -0.787. The molecule has 0 amide bonds. The van der Waals surface area contributed by atoms with Crippen molar-refractivity contribution in [3.63, 3.8) is 0 Å². The van der Waals surface area contributed by atoms with Gasteiger partial charge in [-0.25, -0.2) is 14.2 Å². The molecule has 2 aromatic rings. The van der Waals surface area contributed by atoms with Crippen molar-refractivity contribution in [1.29, 1.82) is 0 Å². The molecule has 34 heavy (non-hydrogen) atoms. The molecule has 6 saturated carbocycles. The van der Waals surface area contributed by atoms with E-state index in [0.29, 0.717) is 22.0 Å². The molecule has 0 spiro atoms. The minimum Gasteiger partial charge on any atom is -0.481 e. The Morgan fingerprint density at radius 1 is 1.21 bits per heavy atom. The molecule has 6 aliphatic carbocycles. The quantitative estimate of drug-likeness (QED) is 0.615. The van der Waals surface area contributed by atoms with Crippen LogP contribution in [0.5, 0.6) is 0 Å². The first kappa shape index (κ1) is 19.5. The van der Waals surface area contributed by atoms with Gasteiger partial charge in [0, 0.05) is 33.3 Å². The Balaban J connectivity index is 1.30. The van der Waals surface area contributed by atoms with Crippen molar-refractivity contribution in [2.24, 2.45) is 51.3 Å². The first-order chi connectivity index (χ1) is 16.4. The number of esters is 1. The number of aliphatic carboxylic acids is 1. The van der Waals surface area contributed by atoms with Crippen LogP contribution in [0, 0.1) is 52.2 Å². The summed E-state index contributed by atoms with van der Waals surface area (Å²) in [6.07, 6.45) is 1.68. The van der Waals surface area contributed by atoms with Gasteiger partial charge < -0.3 is 15.2 Å². The summed E-state index contributed by atoms with van der Waals surface area (Å²) in [4.78, 5) is 34.5. The number of amidine groups is 1. The van der Waals surface area contributed by atoms with Crippen LogP contribution in [-0.4, -0.2) is 35.0 Å². The van der Waals surface area contributed by atoms with Gasteiger partial charge in [0.15, 0.2) is 10.8 Å². The normalized spacial score (nSPS) is 43.1. The zero-order valence-electron chi connectivity index (χ0n) is 17.7. The number of carboxylic acids is 1. The molecule has 1 aliphatic heterocycles. The zero-order valence-corrected chi connectivity index (χ0v) is 19.2.